The van der Waals surface area contributed by atoms with E-state index in [1.165, 1.54) is 0 Å². The molecule has 0 unspecified atom stereocenters. The van der Waals surface area contributed by atoms with Gasteiger partial charge in [-0.1, -0.05) is 13.8 Å². The highest BCUT2D eigenvalue weighted by atomic mass is 16.5. The summed E-state index contributed by atoms with van der Waals surface area (Å²) in [5.41, 5.74) is 6.35. The smallest absolute Gasteiger partial charge is 0.162 e. The van der Waals surface area contributed by atoms with Gasteiger partial charge >= 0.3 is 0 Å². The number of benzene rings is 1. The van der Waals surface area contributed by atoms with E-state index in [1.54, 1.807) is 13.4 Å². The minimum atomic E-state index is 0.386. The van der Waals surface area contributed by atoms with Crippen molar-refractivity contribution in [1.29, 1.82) is 0 Å². The van der Waals surface area contributed by atoms with Gasteiger partial charge in [0.25, 0.3) is 0 Å². The molecule has 0 atom stereocenters. The first-order chi connectivity index (χ1) is 11.2. The number of hydrogen-bond acceptors (Lipinski definition) is 6. The van der Waals surface area contributed by atoms with Crippen molar-refractivity contribution in [3.05, 3.63) is 18.5 Å². The Kier molecular flexibility index (Phi) is 6.40. The first kappa shape index (κ1) is 17.3. The third kappa shape index (κ3) is 4.22. The minimum Gasteiger partial charge on any atom is -0.493 e. The summed E-state index contributed by atoms with van der Waals surface area (Å²) >= 11 is 0. The van der Waals surface area contributed by atoms with Crippen LogP contribution in [0.3, 0.4) is 0 Å². The quantitative estimate of drug-likeness (QED) is 0.692. The Bertz CT molecular complexity index is 629. The summed E-state index contributed by atoms with van der Waals surface area (Å²) in [7, 11) is 1.63. The first-order valence-corrected chi connectivity index (χ1v) is 8.15. The van der Waals surface area contributed by atoms with E-state index in [0.717, 1.165) is 36.0 Å². The molecule has 1 aromatic carbocycles. The maximum absolute atomic E-state index is 5.80. The molecule has 0 saturated carbocycles. The highest BCUT2D eigenvalue weighted by Gasteiger charge is 2.13. The van der Waals surface area contributed by atoms with Gasteiger partial charge in [-0.05, 0) is 31.9 Å². The number of fused-ring (bicyclic) bond motifs is 1. The van der Waals surface area contributed by atoms with Gasteiger partial charge in [0.15, 0.2) is 11.5 Å². The van der Waals surface area contributed by atoms with Gasteiger partial charge in [0.2, 0.25) is 0 Å². The number of methoxy groups -OCH3 is 1. The SMILES string of the molecule is CCC(CC)Nc1ncnc2cc(OC)c(OCCCN)cc12. The minimum absolute atomic E-state index is 0.386. The molecule has 1 heterocycles. The van der Waals surface area contributed by atoms with Crippen LogP contribution >= 0.6 is 0 Å². The predicted octanol–water partition coefficient (Wildman–Crippen LogP) is 2.97. The van der Waals surface area contributed by atoms with E-state index in [1.807, 2.05) is 12.1 Å². The summed E-state index contributed by atoms with van der Waals surface area (Å²) in [5.74, 6) is 2.19. The molecule has 0 aliphatic heterocycles. The van der Waals surface area contributed by atoms with Crippen molar-refractivity contribution in [3.63, 3.8) is 0 Å². The monoisotopic (exact) mass is 318 g/mol. The lowest BCUT2D eigenvalue weighted by Crippen LogP contribution is -2.18. The molecule has 23 heavy (non-hydrogen) atoms. The van der Waals surface area contributed by atoms with Crippen molar-refractivity contribution in [2.24, 2.45) is 5.73 Å². The zero-order valence-electron chi connectivity index (χ0n) is 14.1. The van der Waals surface area contributed by atoms with Crippen LogP contribution in [-0.4, -0.2) is 36.3 Å². The molecule has 0 saturated heterocycles. The van der Waals surface area contributed by atoms with Gasteiger partial charge in [-0.15, -0.1) is 0 Å². The molecule has 0 fully saturated rings. The van der Waals surface area contributed by atoms with Crippen LogP contribution in [0.25, 0.3) is 10.9 Å². The molecule has 2 rings (SSSR count). The topological polar surface area (TPSA) is 82.3 Å². The van der Waals surface area contributed by atoms with Crippen LogP contribution in [0, 0.1) is 0 Å². The zero-order chi connectivity index (χ0) is 16.7. The summed E-state index contributed by atoms with van der Waals surface area (Å²) < 4.78 is 11.2. The fourth-order valence-electron chi connectivity index (χ4n) is 2.40. The number of nitrogens with two attached hydrogens (primary N) is 1. The van der Waals surface area contributed by atoms with Crippen molar-refractivity contribution in [3.8, 4) is 11.5 Å². The van der Waals surface area contributed by atoms with Gasteiger partial charge in [0, 0.05) is 17.5 Å². The number of hydrogen-bond donors (Lipinski definition) is 2. The summed E-state index contributed by atoms with van der Waals surface area (Å²) in [5, 5.41) is 4.42. The van der Waals surface area contributed by atoms with E-state index in [4.69, 9.17) is 15.2 Å². The van der Waals surface area contributed by atoms with Crippen molar-refractivity contribution in [2.45, 2.75) is 39.2 Å². The van der Waals surface area contributed by atoms with E-state index in [-0.39, 0.29) is 0 Å². The second-order valence-electron chi connectivity index (χ2n) is 5.39. The molecule has 0 aliphatic carbocycles. The van der Waals surface area contributed by atoms with E-state index in [9.17, 15) is 0 Å². The Balaban J connectivity index is 2.39. The molecule has 1 aromatic heterocycles. The Morgan fingerprint density at radius 2 is 1.96 bits per heavy atom. The third-order valence-corrected chi connectivity index (χ3v) is 3.85. The molecule has 0 radical (unpaired) electrons. The number of nitrogens with zero attached hydrogens (tertiary/aromatic N) is 2. The summed E-state index contributed by atoms with van der Waals surface area (Å²) in [6.45, 7) is 5.48. The number of nitrogens with one attached hydrogen (secondary N) is 1. The van der Waals surface area contributed by atoms with Crippen LogP contribution in [0.5, 0.6) is 11.5 Å². The van der Waals surface area contributed by atoms with Gasteiger partial charge in [0.1, 0.15) is 12.1 Å². The van der Waals surface area contributed by atoms with Gasteiger partial charge < -0.3 is 20.5 Å². The number of ether oxygens (including phenoxy) is 2. The number of aromatic nitrogens is 2. The Labute approximate surface area is 137 Å². The van der Waals surface area contributed by atoms with Crippen LogP contribution in [0.1, 0.15) is 33.1 Å². The van der Waals surface area contributed by atoms with Crippen molar-refractivity contribution in [2.75, 3.05) is 25.6 Å². The summed E-state index contributed by atoms with van der Waals surface area (Å²) in [4.78, 5) is 8.74. The summed E-state index contributed by atoms with van der Waals surface area (Å²) in [6.07, 6.45) is 4.45. The average molecular weight is 318 g/mol. The molecule has 6 heteroatoms. The molecule has 3 N–H and O–H groups in total. The molecule has 0 aliphatic rings. The van der Waals surface area contributed by atoms with E-state index in [2.05, 4.69) is 29.1 Å². The van der Waals surface area contributed by atoms with Crippen molar-refractivity contribution < 1.29 is 9.47 Å². The maximum Gasteiger partial charge on any atom is 0.162 e. The molecular weight excluding hydrogens is 292 g/mol. The lowest BCUT2D eigenvalue weighted by atomic mass is 10.1. The molecule has 0 amide bonds. The third-order valence-electron chi connectivity index (χ3n) is 3.85. The molecule has 0 spiro atoms. The molecule has 6 nitrogen and oxygen atoms in total. The van der Waals surface area contributed by atoms with E-state index < -0.39 is 0 Å². The molecule has 0 bridgehead atoms. The highest BCUT2D eigenvalue weighted by molar-refractivity contribution is 5.91. The number of anilines is 1. The van der Waals surface area contributed by atoms with Crippen LogP contribution in [0.2, 0.25) is 0 Å². The van der Waals surface area contributed by atoms with Crippen LogP contribution in [-0.2, 0) is 0 Å². The van der Waals surface area contributed by atoms with E-state index in [0.29, 0.717) is 30.7 Å². The Morgan fingerprint density at radius 3 is 2.61 bits per heavy atom. The lowest BCUT2D eigenvalue weighted by Gasteiger charge is -2.17. The number of rotatable bonds is 9. The second-order valence-corrected chi connectivity index (χ2v) is 5.39. The van der Waals surface area contributed by atoms with Crippen LogP contribution in [0.15, 0.2) is 18.5 Å². The highest BCUT2D eigenvalue weighted by Crippen LogP contribution is 2.34. The van der Waals surface area contributed by atoms with Gasteiger partial charge in [0.05, 0.1) is 19.2 Å². The average Bonchev–Trinajstić information content (AvgIpc) is 2.59. The van der Waals surface area contributed by atoms with Gasteiger partial charge in [-0.2, -0.15) is 0 Å². The standard InChI is InChI=1S/C17H26N4O2/c1-4-12(5-2)21-17-13-9-16(23-8-6-7-18)15(22-3)10-14(13)19-11-20-17/h9-12H,4-8,18H2,1-3H3,(H,19,20,21). The van der Waals surface area contributed by atoms with Gasteiger partial charge in [-0.25, -0.2) is 9.97 Å². The van der Waals surface area contributed by atoms with Crippen LogP contribution < -0.4 is 20.5 Å². The maximum atomic E-state index is 5.80. The first-order valence-electron chi connectivity index (χ1n) is 8.15. The zero-order valence-corrected chi connectivity index (χ0v) is 14.1. The Morgan fingerprint density at radius 1 is 1.17 bits per heavy atom. The predicted molar refractivity (Wildman–Crippen MR) is 93.2 cm³/mol. The van der Waals surface area contributed by atoms with Crippen molar-refractivity contribution >= 4 is 16.7 Å². The summed E-state index contributed by atoms with van der Waals surface area (Å²) in [6, 6.07) is 4.21. The van der Waals surface area contributed by atoms with Crippen LogP contribution in [0.4, 0.5) is 5.82 Å². The van der Waals surface area contributed by atoms with Crippen molar-refractivity contribution in [1.82, 2.24) is 9.97 Å². The molecule has 2 aromatic rings. The fraction of sp³-hybridized carbons (Fsp3) is 0.529. The largest absolute Gasteiger partial charge is 0.493 e. The lowest BCUT2D eigenvalue weighted by molar-refractivity contribution is 0.292. The fourth-order valence-corrected chi connectivity index (χ4v) is 2.40. The second kappa shape index (κ2) is 8.53. The normalized spacial score (nSPS) is 11.0. The Hall–Kier alpha value is -2.08. The van der Waals surface area contributed by atoms with Gasteiger partial charge in [-0.3, -0.25) is 0 Å². The molecular formula is C17H26N4O2. The molecule has 126 valence electrons. The van der Waals surface area contributed by atoms with E-state index >= 15 is 0 Å².